The Kier molecular flexibility index (Phi) is 4.36. The van der Waals surface area contributed by atoms with E-state index in [0.717, 1.165) is 28.7 Å². The number of para-hydroxylation sites is 1. The number of fused-ring (bicyclic) bond motifs is 1. The van der Waals surface area contributed by atoms with Crippen LogP contribution in [0.1, 0.15) is 24.9 Å². The fourth-order valence-electron chi connectivity index (χ4n) is 4.44. The number of anilines is 1. The molecule has 6 nitrogen and oxygen atoms in total. The van der Waals surface area contributed by atoms with Crippen LogP contribution in [0.2, 0.25) is 0 Å². The van der Waals surface area contributed by atoms with Crippen LogP contribution in [-0.4, -0.2) is 21.8 Å². The normalized spacial score (nSPS) is 20.6. The van der Waals surface area contributed by atoms with Crippen LogP contribution in [0.25, 0.3) is 10.9 Å². The molecule has 0 aliphatic heterocycles. The minimum absolute atomic E-state index is 0.210. The number of hydrogen-bond donors (Lipinski definition) is 1. The van der Waals surface area contributed by atoms with E-state index in [0.29, 0.717) is 16.8 Å². The van der Waals surface area contributed by atoms with Gasteiger partial charge in [0.05, 0.1) is 16.5 Å². The molecular formula is C22H20BrFN4O2. The van der Waals surface area contributed by atoms with Crippen molar-refractivity contribution in [2.24, 2.45) is 5.92 Å². The summed E-state index contributed by atoms with van der Waals surface area (Å²) in [5, 5.41) is 4.92. The first-order valence-corrected chi connectivity index (χ1v) is 10.5. The molecule has 0 bridgehead atoms. The number of hydrogen-bond acceptors (Lipinski definition) is 4. The van der Waals surface area contributed by atoms with Gasteiger partial charge in [-0.3, -0.25) is 9.51 Å². The van der Waals surface area contributed by atoms with Gasteiger partial charge in [0.1, 0.15) is 11.4 Å². The van der Waals surface area contributed by atoms with E-state index < -0.39 is 11.3 Å². The Labute approximate surface area is 180 Å². The third kappa shape index (κ3) is 2.89. The topological polar surface area (TPSA) is 67.1 Å². The minimum Gasteiger partial charge on any atom is -0.369 e. The van der Waals surface area contributed by atoms with Crippen molar-refractivity contribution in [1.82, 2.24) is 14.7 Å². The predicted molar refractivity (Wildman–Crippen MR) is 116 cm³/mol. The van der Waals surface area contributed by atoms with Gasteiger partial charge in [-0.25, -0.2) is 9.18 Å². The van der Waals surface area contributed by atoms with Gasteiger partial charge < -0.3 is 9.47 Å². The average Bonchev–Trinajstić information content (AvgIpc) is 3.04. The number of aromatic nitrogens is 3. The highest BCUT2D eigenvalue weighted by atomic mass is 79.9. The van der Waals surface area contributed by atoms with E-state index in [1.54, 1.807) is 6.07 Å². The van der Waals surface area contributed by atoms with Gasteiger partial charge in [-0.1, -0.05) is 30.3 Å². The van der Waals surface area contributed by atoms with Crippen molar-refractivity contribution in [3.8, 4) is 0 Å². The van der Waals surface area contributed by atoms with Crippen molar-refractivity contribution in [1.29, 1.82) is 0 Å². The number of halogens is 2. The van der Waals surface area contributed by atoms with E-state index in [1.807, 2.05) is 37.4 Å². The molecule has 0 amide bonds. The van der Waals surface area contributed by atoms with Crippen molar-refractivity contribution in [3.05, 3.63) is 80.9 Å². The largest absolute Gasteiger partial charge is 0.438 e. The first-order chi connectivity index (χ1) is 14.4. The Morgan fingerprint density at radius 1 is 1.33 bits per heavy atom. The lowest BCUT2D eigenvalue weighted by Gasteiger charge is -2.25. The highest BCUT2D eigenvalue weighted by Gasteiger charge is 2.58. The Morgan fingerprint density at radius 2 is 2.07 bits per heavy atom. The summed E-state index contributed by atoms with van der Waals surface area (Å²) in [4.78, 5) is 16.6. The molecule has 0 spiro atoms. The standard InChI is InChI=1S/C22H20BrFN4O2/c1-13-11-22(13,20-25-21(29)30-26-20)28-16(12-27(2)15-6-4-3-5-7-15)8-14-9-17(23)18(24)10-19(14)28/h3-10,13H,11-12H2,1-2H3,(H,25,26,29)/t13-,22-/m0/s1. The molecule has 1 fully saturated rings. The average molecular weight is 471 g/mol. The summed E-state index contributed by atoms with van der Waals surface area (Å²) in [5.74, 6) is -0.232. The lowest BCUT2D eigenvalue weighted by Crippen LogP contribution is -2.28. The third-order valence-electron chi connectivity index (χ3n) is 6.04. The zero-order valence-corrected chi connectivity index (χ0v) is 18.1. The molecular weight excluding hydrogens is 451 g/mol. The molecule has 1 aliphatic carbocycles. The molecule has 2 aromatic carbocycles. The zero-order chi connectivity index (χ0) is 21.0. The highest BCUT2D eigenvalue weighted by Crippen LogP contribution is 2.55. The summed E-state index contributed by atoms with van der Waals surface area (Å²) in [6, 6.07) is 15.5. The fourth-order valence-corrected chi connectivity index (χ4v) is 4.80. The van der Waals surface area contributed by atoms with E-state index >= 15 is 0 Å². The number of aromatic amines is 1. The molecule has 0 radical (unpaired) electrons. The lowest BCUT2D eigenvalue weighted by atomic mass is 10.1. The van der Waals surface area contributed by atoms with Crippen molar-refractivity contribution in [2.75, 3.05) is 11.9 Å². The molecule has 4 aromatic rings. The Morgan fingerprint density at radius 3 is 2.70 bits per heavy atom. The summed E-state index contributed by atoms with van der Waals surface area (Å²) < 4.78 is 21.9. The van der Waals surface area contributed by atoms with Crippen LogP contribution in [0, 0.1) is 11.7 Å². The third-order valence-corrected chi connectivity index (χ3v) is 6.65. The maximum absolute atomic E-state index is 14.5. The van der Waals surface area contributed by atoms with Gasteiger partial charge in [0, 0.05) is 23.8 Å². The summed E-state index contributed by atoms with van der Waals surface area (Å²) in [5.41, 5.74) is 2.28. The lowest BCUT2D eigenvalue weighted by molar-refractivity contribution is 0.367. The van der Waals surface area contributed by atoms with Crippen molar-refractivity contribution in [2.45, 2.75) is 25.4 Å². The Bertz CT molecular complexity index is 1300. The van der Waals surface area contributed by atoms with Gasteiger partial charge in [-0.15, -0.1) is 0 Å². The smallest absolute Gasteiger partial charge is 0.369 e. The second-order valence-electron chi connectivity index (χ2n) is 7.96. The van der Waals surface area contributed by atoms with Crippen LogP contribution in [0.4, 0.5) is 10.1 Å². The monoisotopic (exact) mass is 470 g/mol. The van der Waals surface area contributed by atoms with Crippen LogP contribution in [0.15, 0.2) is 62.3 Å². The Balaban J connectivity index is 1.70. The molecule has 5 rings (SSSR count). The van der Waals surface area contributed by atoms with E-state index in [2.05, 4.69) is 48.5 Å². The molecule has 1 N–H and O–H groups in total. The summed E-state index contributed by atoms with van der Waals surface area (Å²) in [6.07, 6.45) is 0.777. The number of nitrogens with zero attached hydrogens (tertiary/aromatic N) is 3. The minimum atomic E-state index is -0.586. The van der Waals surface area contributed by atoms with E-state index in [9.17, 15) is 9.18 Å². The van der Waals surface area contributed by atoms with Gasteiger partial charge in [-0.05, 0) is 58.6 Å². The van der Waals surface area contributed by atoms with Gasteiger partial charge in [-0.2, -0.15) is 0 Å². The number of H-pyrrole nitrogens is 1. The number of rotatable bonds is 5. The molecule has 2 heterocycles. The maximum atomic E-state index is 14.5. The highest BCUT2D eigenvalue weighted by molar-refractivity contribution is 9.10. The van der Waals surface area contributed by atoms with Crippen molar-refractivity contribution < 1.29 is 8.91 Å². The van der Waals surface area contributed by atoms with Crippen LogP contribution in [0.5, 0.6) is 0 Å². The Hall–Kier alpha value is -2.87. The van der Waals surface area contributed by atoms with Gasteiger partial charge in [0.2, 0.25) is 0 Å². The second kappa shape index (κ2) is 6.84. The van der Waals surface area contributed by atoms with Gasteiger partial charge >= 0.3 is 5.76 Å². The van der Waals surface area contributed by atoms with Crippen molar-refractivity contribution >= 4 is 32.5 Å². The van der Waals surface area contributed by atoms with Crippen molar-refractivity contribution in [3.63, 3.8) is 0 Å². The second-order valence-corrected chi connectivity index (χ2v) is 8.82. The van der Waals surface area contributed by atoms with E-state index in [1.165, 1.54) is 6.07 Å². The first kappa shape index (κ1) is 19.1. The molecule has 154 valence electrons. The van der Waals surface area contributed by atoms with Crippen LogP contribution in [0.3, 0.4) is 0 Å². The molecule has 2 atom stereocenters. The molecule has 1 saturated carbocycles. The van der Waals surface area contributed by atoms with E-state index in [4.69, 9.17) is 4.52 Å². The van der Waals surface area contributed by atoms with Gasteiger partial charge in [0.25, 0.3) is 0 Å². The quantitative estimate of drug-likeness (QED) is 0.461. The predicted octanol–water partition coefficient (Wildman–Crippen LogP) is 4.64. The van der Waals surface area contributed by atoms with Crippen LogP contribution in [-0.2, 0) is 12.1 Å². The summed E-state index contributed by atoms with van der Waals surface area (Å²) in [7, 11) is 2.02. The first-order valence-electron chi connectivity index (χ1n) is 9.72. The maximum Gasteiger partial charge on any atom is 0.438 e. The SMILES string of the molecule is C[C@H]1C[C@]1(c1noc(=O)[nH]1)n1c(CN(C)c2ccccc2)cc2cc(Br)c(F)cc21. The van der Waals surface area contributed by atoms with Gasteiger partial charge in [0.15, 0.2) is 5.82 Å². The van der Waals surface area contributed by atoms with Crippen LogP contribution >= 0.6 is 15.9 Å². The molecule has 0 saturated heterocycles. The van der Waals surface area contributed by atoms with Crippen LogP contribution < -0.4 is 10.7 Å². The molecule has 0 unspecified atom stereocenters. The number of nitrogens with one attached hydrogen (secondary N) is 1. The van der Waals surface area contributed by atoms with E-state index in [-0.39, 0.29) is 11.7 Å². The molecule has 30 heavy (non-hydrogen) atoms. The summed E-state index contributed by atoms with van der Waals surface area (Å²) >= 11 is 3.29. The molecule has 8 heteroatoms. The molecule has 2 aromatic heterocycles. The zero-order valence-electron chi connectivity index (χ0n) is 16.5. The fraction of sp³-hybridized carbons (Fsp3) is 0.273. The number of benzene rings is 2. The molecule has 1 aliphatic rings. The summed E-state index contributed by atoms with van der Waals surface area (Å²) in [6.45, 7) is 2.70.